The Morgan fingerprint density at radius 2 is 2.00 bits per heavy atom. The van der Waals surface area contributed by atoms with Gasteiger partial charge < -0.3 is 5.73 Å². The zero-order chi connectivity index (χ0) is 11.7. The van der Waals surface area contributed by atoms with E-state index in [0.29, 0.717) is 0 Å². The van der Waals surface area contributed by atoms with Crippen molar-refractivity contribution in [1.29, 1.82) is 0 Å². The van der Waals surface area contributed by atoms with Gasteiger partial charge >= 0.3 is 0 Å². The van der Waals surface area contributed by atoms with Crippen LogP contribution in [-0.4, -0.2) is 9.97 Å². The first-order valence-electron chi connectivity index (χ1n) is 5.69. The van der Waals surface area contributed by atoms with Crippen LogP contribution < -0.4 is 5.73 Å². The second-order valence-corrected chi connectivity index (χ2v) is 5.13. The Labute approximate surface area is 104 Å². The lowest BCUT2D eigenvalue weighted by molar-refractivity contribution is 0.896. The molecule has 0 radical (unpaired) electrons. The molecule has 0 spiro atoms. The first-order chi connectivity index (χ1) is 8.34. The highest BCUT2D eigenvalue weighted by molar-refractivity contribution is 7.99. The quantitative estimate of drug-likeness (QED) is 0.651. The van der Waals surface area contributed by atoms with E-state index >= 15 is 0 Å². The summed E-state index contributed by atoms with van der Waals surface area (Å²) in [5.74, 6) is 0. The number of nitrogens with two attached hydrogens (primary N) is 1. The fourth-order valence-electron chi connectivity index (χ4n) is 2.10. The first kappa shape index (κ1) is 10.6. The summed E-state index contributed by atoms with van der Waals surface area (Å²) >= 11 is 1.64. The molecule has 0 atom stereocenters. The summed E-state index contributed by atoms with van der Waals surface area (Å²) in [6.45, 7) is 0. The van der Waals surface area contributed by atoms with Crippen molar-refractivity contribution in [2.24, 2.45) is 0 Å². The smallest absolute Gasteiger partial charge is 0.117 e. The monoisotopic (exact) mass is 243 g/mol. The van der Waals surface area contributed by atoms with E-state index in [9.17, 15) is 0 Å². The van der Waals surface area contributed by atoms with Gasteiger partial charge in [0.2, 0.25) is 0 Å². The summed E-state index contributed by atoms with van der Waals surface area (Å²) < 4.78 is 0. The fraction of sp³-hybridized carbons (Fsp3) is 0.231. The largest absolute Gasteiger partial charge is 0.398 e. The minimum Gasteiger partial charge on any atom is -0.398 e. The van der Waals surface area contributed by atoms with Gasteiger partial charge in [-0.15, -0.1) is 0 Å². The standard InChI is InChI=1S/C13H13N3S/c14-10-5-1-2-7-12(10)17-13-9-4-3-6-11(9)15-8-16-13/h1-2,5,7-8H,3-4,6,14H2. The van der Waals surface area contributed by atoms with Crippen LogP contribution in [0.1, 0.15) is 17.7 Å². The van der Waals surface area contributed by atoms with E-state index in [4.69, 9.17) is 5.73 Å². The van der Waals surface area contributed by atoms with Crippen LogP contribution >= 0.6 is 11.8 Å². The minimum atomic E-state index is 0.808. The van der Waals surface area contributed by atoms with Crippen molar-refractivity contribution in [1.82, 2.24) is 9.97 Å². The van der Waals surface area contributed by atoms with Crippen LogP contribution in [0.15, 0.2) is 40.5 Å². The highest BCUT2D eigenvalue weighted by Gasteiger charge is 2.17. The summed E-state index contributed by atoms with van der Waals surface area (Å²) in [6, 6.07) is 7.90. The summed E-state index contributed by atoms with van der Waals surface area (Å²) in [5, 5.41) is 1.06. The maximum atomic E-state index is 5.95. The lowest BCUT2D eigenvalue weighted by Crippen LogP contribution is -1.95. The third-order valence-electron chi connectivity index (χ3n) is 2.96. The van der Waals surface area contributed by atoms with E-state index < -0.39 is 0 Å². The van der Waals surface area contributed by atoms with Crippen molar-refractivity contribution in [3.05, 3.63) is 41.9 Å². The van der Waals surface area contributed by atoms with Gasteiger partial charge in [-0.3, -0.25) is 0 Å². The molecule has 3 nitrogen and oxygen atoms in total. The zero-order valence-corrected chi connectivity index (χ0v) is 10.2. The molecule has 1 aliphatic carbocycles. The molecule has 1 aromatic heterocycles. The number of nitrogen functional groups attached to an aromatic ring is 1. The molecule has 3 rings (SSSR count). The van der Waals surface area contributed by atoms with Crippen LogP contribution in [-0.2, 0) is 12.8 Å². The Bertz CT molecular complexity index is 554. The van der Waals surface area contributed by atoms with Crippen LogP contribution in [0.4, 0.5) is 5.69 Å². The average Bonchev–Trinajstić information content (AvgIpc) is 2.81. The molecule has 0 bridgehead atoms. The van der Waals surface area contributed by atoms with E-state index in [0.717, 1.165) is 28.5 Å². The molecule has 4 heteroatoms. The summed E-state index contributed by atoms with van der Waals surface area (Å²) in [6.07, 6.45) is 5.01. The Kier molecular flexibility index (Phi) is 2.73. The minimum absolute atomic E-state index is 0.808. The number of anilines is 1. The summed E-state index contributed by atoms with van der Waals surface area (Å²) in [7, 11) is 0. The number of rotatable bonds is 2. The van der Waals surface area contributed by atoms with E-state index in [1.165, 1.54) is 17.7 Å². The van der Waals surface area contributed by atoms with Gasteiger partial charge in [-0.1, -0.05) is 23.9 Å². The second kappa shape index (κ2) is 4.37. The van der Waals surface area contributed by atoms with Crippen molar-refractivity contribution in [3.8, 4) is 0 Å². The van der Waals surface area contributed by atoms with Crippen molar-refractivity contribution in [3.63, 3.8) is 0 Å². The normalized spacial score (nSPS) is 13.6. The topological polar surface area (TPSA) is 51.8 Å². The van der Waals surface area contributed by atoms with Gasteiger partial charge in [-0.2, -0.15) is 0 Å². The molecule has 17 heavy (non-hydrogen) atoms. The molecule has 1 heterocycles. The number of aromatic nitrogens is 2. The molecule has 2 aromatic rings. The van der Waals surface area contributed by atoms with Crippen molar-refractivity contribution >= 4 is 17.4 Å². The maximum Gasteiger partial charge on any atom is 0.117 e. The maximum absolute atomic E-state index is 5.95. The van der Waals surface area contributed by atoms with Crippen molar-refractivity contribution in [2.75, 3.05) is 5.73 Å². The molecule has 0 saturated heterocycles. The first-order valence-corrected chi connectivity index (χ1v) is 6.51. The number of hydrogen-bond donors (Lipinski definition) is 1. The molecule has 0 saturated carbocycles. The molecule has 0 aliphatic heterocycles. The Morgan fingerprint density at radius 1 is 1.12 bits per heavy atom. The van der Waals surface area contributed by atoms with Gasteiger partial charge in [0.05, 0.1) is 0 Å². The van der Waals surface area contributed by atoms with Crippen LogP contribution in [0.25, 0.3) is 0 Å². The zero-order valence-electron chi connectivity index (χ0n) is 9.39. The average molecular weight is 243 g/mol. The highest BCUT2D eigenvalue weighted by Crippen LogP contribution is 2.35. The van der Waals surface area contributed by atoms with Gasteiger partial charge in [0.15, 0.2) is 0 Å². The highest BCUT2D eigenvalue weighted by atomic mass is 32.2. The SMILES string of the molecule is Nc1ccccc1Sc1ncnc2c1CCC2. The van der Waals surface area contributed by atoms with Crippen LogP contribution in [0.2, 0.25) is 0 Å². The Hall–Kier alpha value is -1.55. The summed E-state index contributed by atoms with van der Waals surface area (Å²) in [4.78, 5) is 9.78. The number of aryl methyl sites for hydroxylation is 1. The van der Waals surface area contributed by atoms with E-state index in [2.05, 4.69) is 9.97 Å². The molecular weight excluding hydrogens is 230 g/mol. The number of fused-ring (bicyclic) bond motifs is 1. The number of hydrogen-bond acceptors (Lipinski definition) is 4. The molecule has 0 fully saturated rings. The molecule has 1 aliphatic rings. The van der Waals surface area contributed by atoms with Gasteiger partial charge in [0.25, 0.3) is 0 Å². The van der Waals surface area contributed by atoms with E-state index in [1.807, 2.05) is 24.3 Å². The fourth-order valence-corrected chi connectivity index (χ4v) is 3.08. The van der Waals surface area contributed by atoms with E-state index in [1.54, 1.807) is 18.1 Å². The van der Waals surface area contributed by atoms with E-state index in [-0.39, 0.29) is 0 Å². The Morgan fingerprint density at radius 3 is 2.88 bits per heavy atom. The van der Waals surface area contributed by atoms with Gasteiger partial charge in [-0.25, -0.2) is 9.97 Å². The third kappa shape index (κ3) is 2.00. The van der Waals surface area contributed by atoms with Gasteiger partial charge in [0.1, 0.15) is 11.4 Å². The predicted molar refractivity (Wildman–Crippen MR) is 69.0 cm³/mol. The second-order valence-electron chi connectivity index (χ2n) is 4.10. The number of nitrogens with zero attached hydrogens (tertiary/aromatic N) is 2. The molecule has 0 amide bonds. The molecular formula is C13H13N3S. The number of para-hydroxylation sites is 1. The van der Waals surface area contributed by atoms with Gasteiger partial charge in [-0.05, 0) is 31.4 Å². The van der Waals surface area contributed by atoms with Crippen molar-refractivity contribution < 1.29 is 0 Å². The van der Waals surface area contributed by atoms with Crippen LogP contribution in [0.5, 0.6) is 0 Å². The molecule has 1 aromatic carbocycles. The Balaban J connectivity index is 1.97. The third-order valence-corrected chi connectivity index (χ3v) is 4.10. The number of benzene rings is 1. The lowest BCUT2D eigenvalue weighted by Gasteiger charge is -2.07. The van der Waals surface area contributed by atoms with Crippen LogP contribution in [0.3, 0.4) is 0 Å². The molecule has 86 valence electrons. The van der Waals surface area contributed by atoms with Crippen molar-refractivity contribution in [2.45, 2.75) is 29.2 Å². The predicted octanol–water partition coefficient (Wildman–Crippen LogP) is 2.70. The van der Waals surface area contributed by atoms with Crippen LogP contribution in [0, 0.1) is 0 Å². The molecule has 2 N–H and O–H groups in total. The van der Waals surface area contributed by atoms with Gasteiger partial charge in [0, 0.05) is 21.8 Å². The lowest BCUT2D eigenvalue weighted by atomic mass is 10.3. The molecule has 0 unspecified atom stereocenters. The summed E-state index contributed by atoms with van der Waals surface area (Å²) in [5.41, 5.74) is 9.27.